The van der Waals surface area contributed by atoms with Gasteiger partial charge in [0.2, 0.25) is 0 Å². The van der Waals surface area contributed by atoms with Crippen LogP contribution in [0.1, 0.15) is 107 Å². The second-order valence-electron chi connectivity index (χ2n) is 31.5. The molecule has 6 saturated heterocycles. The van der Waals surface area contributed by atoms with Crippen molar-refractivity contribution in [3.8, 4) is 0 Å². The molecule has 0 aromatic heterocycles. The minimum atomic E-state index is -2.10. The highest BCUT2D eigenvalue weighted by Gasteiger charge is 2.71. The summed E-state index contributed by atoms with van der Waals surface area (Å²) in [6.45, 7) is 11.2. The van der Waals surface area contributed by atoms with Crippen LogP contribution < -0.4 is 0 Å². The van der Waals surface area contributed by atoms with Crippen LogP contribution in [0.15, 0.2) is 11.6 Å². The fourth-order valence-electron chi connectivity index (χ4n) is 18.5. The summed E-state index contributed by atoms with van der Waals surface area (Å²) >= 11 is 0. The zero-order valence-electron chi connectivity index (χ0n) is 57.6. The van der Waals surface area contributed by atoms with Gasteiger partial charge < -0.3 is 169 Å². The van der Waals surface area contributed by atoms with Crippen LogP contribution in [0.5, 0.6) is 0 Å². The molecular weight excluding hydrogens is 1340 g/mol. The largest absolute Gasteiger partial charge is 0.394 e. The lowest BCUT2D eigenvalue weighted by Gasteiger charge is -2.67. The molecule has 10 rings (SSSR count). The third-order valence-corrected chi connectivity index (χ3v) is 25.0. The lowest BCUT2D eigenvalue weighted by Crippen LogP contribution is -2.67. The molecule has 34 heteroatoms. The second kappa shape index (κ2) is 31.5. The first-order valence-corrected chi connectivity index (χ1v) is 35.1. The van der Waals surface area contributed by atoms with Gasteiger partial charge in [0.15, 0.2) is 37.7 Å². The van der Waals surface area contributed by atoms with E-state index in [1.807, 2.05) is 13.8 Å². The number of hydrogen-bond acceptors (Lipinski definition) is 34. The molecule has 0 amide bonds. The lowest BCUT2D eigenvalue weighted by atomic mass is 9.38. The standard InChI is InChI=1S/C66H112O34/c1-24(25-15-16-64(6)34-12-10-26-27(66(34,8)35(71)17-65(25,64)7)11-14-36(62(26,2)3)97-58-52(86)47(81)42(76)32(95-58)22-89-56-50(84)44(78)38(72)28(18-67)91-56)9-13-37(63(4,5)88)98-60-54(49(83)43(77)33(96-60)23-90-57-51(85)45(79)39(73)29(19-68)92-57)100-61-55(48(82)41(75)31(21-70)94-61)99-59-53(87)46(80)40(74)30(20-69)93-59/h10,24-25,27-61,67-88H,9,11-23H2,1-8H3. The van der Waals surface area contributed by atoms with E-state index in [2.05, 4.69) is 33.8 Å². The predicted octanol–water partition coefficient (Wildman–Crippen LogP) is -7.58. The number of hydrogen-bond donors (Lipinski definition) is 22. The van der Waals surface area contributed by atoms with E-state index in [-0.39, 0.29) is 35.5 Å². The number of allylic oxidation sites excluding steroid dienone is 1. The number of fused-ring (bicyclic) bond motifs is 5. The molecule has 40 atom stereocenters. The van der Waals surface area contributed by atoms with Crippen LogP contribution in [-0.2, 0) is 56.8 Å². The minimum absolute atomic E-state index is 0.000548. The highest BCUT2D eigenvalue weighted by Crippen LogP contribution is 2.75. The summed E-state index contributed by atoms with van der Waals surface area (Å²) in [5, 5.41) is 240. The Morgan fingerprint density at radius 1 is 0.460 bits per heavy atom. The fraction of sp³-hybridized carbons (Fsp3) is 0.970. The summed E-state index contributed by atoms with van der Waals surface area (Å²) in [5.41, 5.74) is -2.81. The number of aliphatic hydroxyl groups excluding tert-OH is 21. The Hall–Kier alpha value is -1.62. The topological polar surface area (TPSA) is 556 Å². The monoisotopic (exact) mass is 1450 g/mol. The molecule has 34 nitrogen and oxygen atoms in total. The van der Waals surface area contributed by atoms with Gasteiger partial charge in [-0.25, -0.2) is 0 Å². The van der Waals surface area contributed by atoms with Crippen molar-refractivity contribution in [2.45, 2.75) is 315 Å². The molecule has 4 aliphatic carbocycles. The van der Waals surface area contributed by atoms with Gasteiger partial charge in [0.25, 0.3) is 0 Å². The van der Waals surface area contributed by atoms with Gasteiger partial charge in [-0.05, 0) is 99.7 Å². The van der Waals surface area contributed by atoms with Crippen molar-refractivity contribution in [2.75, 3.05) is 39.6 Å². The van der Waals surface area contributed by atoms with Gasteiger partial charge in [0.1, 0.15) is 146 Å². The first-order valence-electron chi connectivity index (χ1n) is 35.1. The van der Waals surface area contributed by atoms with Crippen molar-refractivity contribution < 1.29 is 169 Å². The van der Waals surface area contributed by atoms with Crippen LogP contribution in [0, 0.1) is 45.3 Å². The van der Waals surface area contributed by atoms with Crippen LogP contribution in [0.4, 0.5) is 0 Å². The lowest BCUT2D eigenvalue weighted by molar-refractivity contribution is -0.399. The van der Waals surface area contributed by atoms with Gasteiger partial charge in [-0.15, -0.1) is 0 Å². The Morgan fingerprint density at radius 3 is 1.35 bits per heavy atom. The van der Waals surface area contributed by atoms with E-state index in [9.17, 15) is 112 Å². The Bertz CT molecular complexity index is 2670. The van der Waals surface area contributed by atoms with Gasteiger partial charge in [-0.3, -0.25) is 0 Å². The molecule has 10 aliphatic rings. The molecule has 0 aromatic rings. The van der Waals surface area contributed by atoms with Gasteiger partial charge in [-0.2, -0.15) is 0 Å². The summed E-state index contributed by atoms with van der Waals surface area (Å²) in [5.74, 6) is -0.244. The SMILES string of the molecule is CC(CCC(OC1OC(COC2OC(CO)C(O)C(O)C2O)C(O)C(O)C1OC1OC(CO)C(O)C(O)C1OC1OC(CO)C(O)C(O)C1O)C(C)(C)O)C1CCC2(C)C3CC=C4C(CCC(OC5OC(COC6OC(CO)C(O)C(O)C6O)C(O)C(O)C5O)C4(C)C)C3(C)C(O)CC12C. The Kier molecular flexibility index (Phi) is 25.5. The maximum atomic E-state index is 12.9. The molecule has 0 bridgehead atoms. The molecule has 0 radical (unpaired) electrons. The highest BCUT2D eigenvalue weighted by atomic mass is 16.8. The van der Waals surface area contributed by atoms with Crippen molar-refractivity contribution in [3.05, 3.63) is 11.6 Å². The summed E-state index contributed by atoms with van der Waals surface area (Å²) in [4.78, 5) is 0. The van der Waals surface area contributed by atoms with Crippen LogP contribution >= 0.6 is 0 Å². The smallest absolute Gasteiger partial charge is 0.187 e. The van der Waals surface area contributed by atoms with E-state index < -0.39 is 264 Å². The Morgan fingerprint density at radius 2 is 0.860 bits per heavy atom. The molecule has 6 aliphatic heterocycles. The summed E-state index contributed by atoms with van der Waals surface area (Å²) in [6.07, 6.45) is -49.3. The third kappa shape index (κ3) is 14.8. The summed E-state index contributed by atoms with van der Waals surface area (Å²) in [6, 6.07) is 0. The van der Waals surface area contributed by atoms with Crippen LogP contribution in [0.3, 0.4) is 0 Å². The van der Waals surface area contributed by atoms with Crippen LogP contribution in [-0.4, -0.2) is 360 Å². The maximum absolute atomic E-state index is 12.9. The fourth-order valence-corrected chi connectivity index (χ4v) is 18.5. The van der Waals surface area contributed by atoms with E-state index in [0.29, 0.717) is 32.1 Å². The minimum Gasteiger partial charge on any atom is -0.394 e. The molecule has 0 spiro atoms. The number of rotatable bonds is 23. The third-order valence-electron chi connectivity index (χ3n) is 25.0. The van der Waals surface area contributed by atoms with E-state index in [1.165, 1.54) is 13.8 Å². The van der Waals surface area contributed by atoms with Crippen molar-refractivity contribution >= 4 is 0 Å². The predicted molar refractivity (Wildman–Crippen MR) is 333 cm³/mol. The van der Waals surface area contributed by atoms with E-state index >= 15 is 0 Å². The zero-order valence-corrected chi connectivity index (χ0v) is 57.6. The van der Waals surface area contributed by atoms with Crippen LogP contribution in [0.25, 0.3) is 0 Å². The maximum Gasteiger partial charge on any atom is 0.187 e. The van der Waals surface area contributed by atoms with Crippen molar-refractivity contribution in [3.63, 3.8) is 0 Å². The highest BCUT2D eigenvalue weighted by molar-refractivity contribution is 5.32. The molecule has 0 aromatic carbocycles. The molecule has 580 valence electrons. The average Bonchev–Trinajstić information content (AvgIpc) is 1.25. The molecule has 9 fully saturated rings. The first-order chi connectivity index (χ1) is 46.9. The van der Waals surface area contributed by atoms with Crippen molar-refractivity contribution in [1.82, 2.24) is 0 Å². The number of ether oxygens (including phenoxy) is 12. The average molecular weight is 1450 g/mol. The summed E-state index contributed by atoms with van der Waals surface area (Å²) in [7, 11) is 0. The van der Waals surface area contributed by atoms with Gasteiger partial charge in [0, 0.05) is 10.8 Å². The normalized spacial score (nSPS) is 52.1. The quantitative estimate of drug-likeness (QED) is 0.0423. The zero-order chi connectivity index (χ0) is 73.5. The van der Waals surface area contributed by atoms with Gasteiger partial charge in [-0.1, -0.05) is 53.2 Å². The molecule has 3 saturated carbocycles. The second-order valence-corrected chi connectivity index (χ2v) is 31.5. The van der Waals surface area contributed by atoms with E-state index in [0.717, 1.165) is 18.4 Å². The van der Waals surface area contributed by atoms with Gasteiger partial charge in [0.05, 0.1) is 63.6 Å². The molecule has 100 heavy (non-hydrogen) atoms. The molecule has 6 heterocycles. The molecule has 22 N–H and O–H groups in total. The van der Waals surface area contributed by atoms with Gasteiger partial charge >= 0.3 is 0 Å². The molecular formula is C66H112O34. The Labute approximate surface area is 579 Å². The first kappa shape index (κ1) is 80.9. The van der Waals surface area contributed by atoms with Crippen molar-refractivity contribution in [2.24, 2.45) is 45.3 Å². The van der Waals surface area contributed by atoms with E-state index in [1.54, 1.807) is 0 Å². The Balaban J connectivity index is 0.851. The molecule has 40 unspecified atom stereocenters. The van der Waals surface area contributed by atoms with Crippen LogP contribution in [0.2, 0.25) is 0 Å². The van der Waals surface area contributed by atoms with Crippen molar-refractivity contribution in [1.29, 1.82) is 0 Å². The van der Waals surface area contributed by atoms with E-state index in [4.69, 9.17) is 56.8 Å². The summed E-state index contributed by atoms with van der Waals surface area (Å²) < 4.78 is 71.7. The number of aliphatic hydroxyl groups is 22.